The summed E-state index contributed by atoms with van der Waals surface area (Å²) in [5, 5.41) is 11.0. The van der Waals surface area contributed by atoms with Gasteiger partial charge < -0.3 is 15.2 Å². The van der Waals surface area contributed by atoms with Gasteiger partial charge in [-0.05, 0) is 24.3 Å². The van der Waals surface area contributed by atoms with Crippen LogP contribution >= 0.6 is 0 Å². The van der Waals surface area contributed by atoms with Crippen LogP contribution in [0.25, 0.3) is 0 Å². The first-order valence-corrected chi connectivity index (χ1v) is 8.79. The van der Waals surface area contributed by atoms with Crippen LogP contribution in [0.3, 0.4) is 0 Å². The number of benzene rings is 1. The molecule has 1 aromatic heterocycles. The summed E-state index contributed by atoms with van der Waals surface area (Å²) < 4.78 is 32.0. The number of rotatable bonds is 8. The number of aromatic nitrogens is 2. The second-order valence-corrected chi connectivity index (χ2v) is 6.67. The largest absolute Gasteiger partial charge is 0.481 e. The maximum absolute atomic E-state index is 12.4. The summed E-state index contributed by atoms with van der Waals surface area (Å²) in [7, 11) is -2.60. The first kappa shape index (κ1) is 19.1. The average Bonchev–Trinajstić information content (AvgIpc) is 2.60. The number of carbonyl (C=O) groups is 2. The smallest absolute Gasteiger partial charge is 0.303 e. The fourth-order valence-corrected chi connectivity index (χ4v) is 2.90. The molecule has 11 heteroatoms. The van der Waals surface area contributed by atoms with Crippen molar-refractivity contribution in [3.05, 3.63) is 36.7 Å². The van der Waals surface area contributed by atoms with Crippen molar-refractivity contribution in [1.82, 2.24) is 9.97 Å². The summed E-state index contributed by atoms with van der Waals surface area (Å²) in [6.07, 6.45) is 2.21. The molecule has 1 heterocycles. The van der Waals surface area contributed by atoms with Gasteiger partial charge >= 0.3 is 5.97 Å². The zero-order valence-electron chi connectivity index (χ0n) is 13.7. The minimum absolute atomic E-state index is 0.0263. The minimum atomic E-state index is -3.94. The maximum atomic E-state index is 12.4. The highest BCUT2D eigenvalue weighted by molar-refractivity contribution is 7.92. The van der Waals surface area contributed by atoms with Crippen LogP contribution in [0.1, 0.15) is 12.8 Å². The second-order valence-electron chi connectivity index (χ2n) is 4.99. The Kier molecular flexibility index (Phi) is 6.07. The quantitative estimate of drug-likeness (QED) is 0.616. The topological polar surface area (TPSA) is 148 Å². The lowest BCUT2D eigenvalue weighted by atomic mass is 10.2. The number of carboxylic acids is 1. The summed E-state index contributed by atoms with van der Waals surface area (Å²) in [5.41, 5.74) is 0.344. The van der Waals surface area contributed by atoms with Crippen molar-refractivity contribution in [3.63, 3.8) is 0 Å². The van der Waals surface area contributed by atoms with Crippen LogP contribution in [0.4, 0.5) is 11.5 Å². The molecule has 0 saturated heterocycles. The highest BCUT2D eigenvalue weighted by atomic mass is 32.2. The number of methoxy groups -OCH3 is 1. The Bertz CT molecular complexity index is 899. The number of carboxylic acid groups (broad SMARTS) is 1. The lowest BCUT2D eigenvalue weighted by Crippen LogP contribution is -2.16. The van der Waals surface area contributed by atoms with Crippen LogP contribution in [-0.2, 0) is 19.6 Å². The Morgan fingerprint density at radius 2 is 1.77 bits per heavy atom. The van der Waals surface area contributed by atoms with E-state index in [2.05, 4.69) is 20.0 Å². The van der Waals surface area contributed by atoms with Gasteiger partial charge in [0.05, 0.1) is 18.4 Å². The number of aliphatic carboxylic acids is 1. The monoisotopic (exact) mass is 380 g/mol. The molecule has 138 valence electrons. The van der Waals surface area contributed by atoms with Crippen molar-refractivity contribution in [3.8, 4) is 5.88 Å². The van der Waals surface area contributed by atoms with Gasteiger partial charge in [-0.25, -0.2) is 18.4 Å². The van der Waals surface area contributed by atoms with Crippen molar-refractivity contribution < 1.29 is 27.9 Å². The number of anilines is 2. The molecule has 1 amide bonds. The predicted molar refractivity (Wildman–Crippen MR) is 91.3 cm³/mol. The fraction of sp³-hybridized carbons (Fsp3) is 0.200. The van der Waals surface area contributed by atoms with E-state index in [9.17, 15) is 18.0 Å². The van der Waals surface area contributed by atoms with Gasteiger partial charge in [-0.1, -0.05) is 0 Å². The van der Waals surface area contributed by atoms with Crippen molar-refractivity contribution in [2.24, 2.45) is 0 Å². The molecular weight excluding hydrogens is 364 g/mol. The van der Waals surface area contributed by atoms with Gasteiger partial charge in [0.2, 0.25) is 11.7 Å². The maximum Gasteiger partial charge on any atom is 0.303 e. The first-order chi connectivity index (χ1) is 12.3. The third kappa shape index (κ3) is 5.14. The van der Waals surface area contributed by atoms with E-state index >= 15 is 0 Å². The summed E-state index contributed by atoms with van der Waals surface area (Å²) in [4.78, 5) is 29.7. The first-order valence-electron chi connectivity index (χ1n) is 7.31. The number of nitrogens with one attached hydrogen (secondary N) is 2. The molecule has 26 heavy (non-hydrogen) atoms. The molecule has 0 fully saturated rings. The zero-order chi connectivity index (χ0) is 19.2. The highest BCUT2D eigenvalue weighted by Gasteiger charge is 2.18. The highest BCUT2D eigenvalue weighted by Crippen LogP contribution is 2.22. The van der Waals surface area contributed by atoms with Crippen LogP contribution in [0, 0.1) is 0 Å². The molecule has 1 aromatic carbocycles. The van der Waals surface area contributed by atoms with Crippen LogP contribution in [-0.4, -0.2) is 42.5 Å². The average molecular weight is 380 g/mol. The van der Waals surface area contributed by atoms with Crippen LogP contribution in [0.2, 0.25) is 0 Å². The normalized spacial score (nSPS) is 10.8. The zero-order valence-corrected chi connectivity index (χ0v) is 14.5. The van der Waals surface area contributed by atoms with E-state index in [0.717, 1.165) is 0 Å². The van der Waals surface area contributed by atoms with Crippen molar-refractivity contribution in [2.45, 2.75) is 17.7 Å². The van der Waals surface area contributed by atoms with Crippen LogP contribution in [0.15, 0.2) is 41.6 Å². The molecule has 2 aromatic rings. The Balaban J connectivity index is 2.09. The lowest BCUT2D eigenvalue weighted by molar-refractivity contribution is -0.138. The van der Waals surface area contributed by atoms with Crippen LogP contribution in [0.5, 0.6) is 5.88 Å². The summed E-state index contributed by atoms with van der Waals surface area (Å²) in [6.45, 7) is 0. The van der Waals surface area contributed by atoms with Gasteiger partial charge in [0.1, 0.15) is 0 Å². The predicted octanol–water partition coefficient (Wildman–Crippen LogP) is 1.09. The van der Waals surface area contributed by atoms with Gasteiger partial charge in [0.25, 0.3) is 15.9 Å². The summed E-state index contributed by atoms with van der Waals surface area (Å²) in [6, 6.07) is 5.36. The Morgan fingerprint density at radius 1 is 1.12 bits per heavy atom. The molecule has 0 atom stereocenters. The molecule has 0 aliphatic rings. The van der Waals surface area contributed by atoms with E-state index in [1.807, 2.05) is 0 Å². The number of amides is 1. The lowest BCUT2D eigenvalue weighted by Gasteiger charge is -2.10. The summed E-state index contributed by atoms with van der Waals surface area (Å²) in [5.74, 6) is -1.59. The van der Waals surface area contributed by atoms with E-state index in [0.29, 0.717) is 5.69 Å². The van der Waals surface area contributed by atoms with Gasteiger partial charge in [-0.15, -0.1) is 0 Å². The third-order valence-electron chi connectivity index (χ3n) is 3.10. The van der Waals surface area contributed by atoms with Gasteiger partial charge in [-0.3, -0.25) is 14.3 Å². The van der Waals surface area contributed by atoms with Crippen molar-refractivity contribution in [2.75, 3.05) is 17.1 Å². The number of nitrogens with zero attached hydrogens (tertiary/aromatic N) is 2. The molecule has 0 bridgehead atoms. The molecular formula is C15H16N4O6S. The third-order valence-corrected chi connectivity index (χ3v) is 4.46. The molecule has 0 radical (unpaired) electrons. The minimum Gasteiger partial charge on any atom is -0.481 e. The Labute approximate surface area is 149 Å². The number of sulfonamides is 1. The molecule has 0 aliphatic carbocycles. The van der Waals surface area contributed by atoms with Crippen molar-refractivity contribution >= 4 is 33.4 Å². The molecule has 2 rings (SSSR count). The standard InChI is InChI=1S/C15H16N4O6S/c1-25-15-14(16-8-9-17-15)19-26(23,24)11-4-2-10(3-5-11)18-12(20)6-7-13(21)22/h2-5,8-9H,6-7H2,1H3,(H,16,19)(H,18,20)(H,21,22). The Morgan fingerprint density at radius 3 is 2.38 bits per heavy atom. The molecule has 3 N–H and O–H groups in total. The Hall–Kier alpha value is -3.21. The van der Waals surface area contributed by atoms with E-state index in [1.54, 1.807) is 0 Å². The van der Waals surface area contributed by atoms with Gasteiger partial charge in [-0.2, -0.15) is 0 Å². The number of ether oxygens (including phenoxy) is 1. The molecule has 0 saturated carbocycles. The van der Waals surface area contributed by atoms with E-state index < -0.39 is 21.9 Å². The fourth-order valence-electron chi connectivity index (χ4n) is 1.89. The van der Waals surface area contributed by atoms with Crippen molar-refractivity contribution in [1.29, 1.82) is 0 Å². The second kappa shape index (κ2) is 8.25. The van der Waals surface area contributed by atoms with Gasteiger partial charge in [0.15, 0.2) is 0 Å². The van der Waals surface area contributed by atoms with Crippen LogP contribution < -0.4 is 14.8 Å². The van der Waals surface area contributed by atoms with Gasteiger partial charge in [0, 0.05) is 24.5 Å². The number of hydrogen-bond acceptors (Lipinski definition) is 7. The molecule has 0 unspecified atom stereocenters. The summed E-state index contributed by atoms with van der Waals surface area (Å²) >= 11 is 0. The van der Waals surface area contributed by atoms with E-state index in [4.69, 9.17) is 9.84 Å². The molecule has 0 aliphatic heterocycles. The van der Waals surface area contributed by atoms with E-state index in [-0.39, 0.29) is 29.4 Å². The van der Waals surface area contributed by atoms with E-state index in [1.165, 1.54) is 43.8 Å². The number of carbonyl (C=O) groups excluding carboxylic acids is 1. The number of hydrogen-bond donors (Lipinski definition) is 3. The SMILES string of the molecule is COc1nccnc1NS(=O)(=O)c1ccc(NC(=O)CCC(=O)O)cc1. The molecule has 10 nitrogen and oxygen atoms in total. The molecule has 0 spiro atoms.